The molecule has 0 bridgehead atoms. The molecule has 4 nitrogen and oxygen atoms in total. The Morgan fingerprint density at radius 1 is 1.00 bits per heavy atom. The molecule has 184 valence electrons. The predicted molar refractivity (Wildman–Crippen MR) is 112 cm³/mol. The topological polar surface area (TPSA) is 50.4 Å². The van der Waals surface area contributed by atoms with Gasteiger partial charge in [0.2, 0.25) is 5.91 Å². The fourth-order valence-electron chi connectivity index (χ4n) is 4.72. The molecule has 1 amide bonds. The van der Waals surface area contributed by atoms with Gasteiger partial charge in [-0.1, -0.05) is 30.3 Å². The standard InChI is InChI=1S/C24H24F6N2O2/c1-14(15-9-17(23(25,26)27)11-18(10-15)24(28,29)30)34-13-22(16-5-3-2-4-6-16)8-7-19-20(32-22)12-21(33)31-19/h2-6,9-11,14,19-20,32H,7-8,12-13H2,1H3,(H,31,33)/t14?,19?,20-,22-/m1/s1. The highest BCUT2D eigenvalue weighted by Gasteiger charge is 2.46. The van der Waals surface area contributed by atoms with E-state index in [2.05, 4.69) is 10.6 Å². The van der Waals surface area contributed by atoms with Crippen LogP contribution in [0.5, 0.6) is 0 Å². The largest absolute Gasteiger partial charge is 0.416 e. The van der Waals surface area contributed by atoms with Crippen LogP contribution in [-0.4, -0.2) is 24.6 Å². The molecular formula is C24H24F6N2O2. The molecule has 2 unspecified atom stereocenters. The van der Waals surface area contributed by atoms with Gasteiger partial charge in [0.1, 0.15) is 0 Å². The van der Waals surface area contributed by atoms with E-state index in [1.54, 1.807) is 0 Å². The third-order valence-electron chi connectivity index (χ3n) is 6.57. The van der Waals surface area contributed by atoms with Gasteiger partial charge < -0.3 is 15.4 Å². The Bertz CT molecular complexity index is 1010. The number of rotatable bonds is 5. The molecule has 2 aromatic carbocycles. The molecule has 4 rings (SSSR count). The Morgan fingerprint density at radius 2 is 1.62 bits per heavy atom. The molecule has 2 N–H and O–H groups in total. The summed E-state index contributed by atoms with van der Waals surface area (Å²) < 4.78 is 85.5. The van der Waals surface area contributed by atoms with Gasteiger partial charge >= 0.3 is 12.4 Å². The number of piperidine rings is 1. The molecule has 10 heteroatoms. The third-order valence-corrected chi connectivity index (χ3v) is 6.57. The minimum atomic E-state index is -4.93. The van der Waals surface area contributed by atoms with Gasteiger partial charge in [-0.05, 0) is 49.1 Å². The molecule has 2 heterocycles. The Hall–Kier alpha value is -2.59. The van der Waals surface area contributed by atoms with E-state index in [4.69, 9.17) is 4.74 Å². The summed E-state index contributed by atoms with van der Waals surface area (Å²) in [6.45, 7) is 1.44. The zero-order valence-corrected chi connectivity index (χ0v) is 18.3. The van der Waals surface area contributed by atoms with Gasteiger partial charge in [-0.15, -0.1) is 0 Å². The summed E-state index contributed by atoms with van der Waals surface area (Å²) in [4.78, 5) is 11.9. The van der Waals surface area contributed by atoms with Crippen molar-refractivity contribution >= 4 is 5.91 Å². The third kappa shape index (κ3) is 5.07. The van der Waals surface area contributed by atoms with Crippen molar-refractivity contribution < 1.29 is 35.9 Å². The summed E-state index contributed by atoms with van der Waals surface area (Å²) in [5.41, 5.74) is -2.83. The van der Waals surface area contributed by atoms with Crippen LogP contribution in [-0.2, 0) is 27.4 Å². The first-order chi connectivity index (χ1) is 15.9. The van der Waals surface area contributed by atoms with Crippen LogP contribution in [0.25, 0.3) is 0 Å². The van der Waals surface area contributed by atoms with Crippen molar-refractivity contribution in [2.24, 2.45) is 0 Å². The molecule has 0 saturated carbocycles. The van der Waals surface area contributed by atoms with Gasteiger partial charge in [-0.25, -0.2) is 0 Å². The van der Waals surface area contributed by atoms with E-state index in [-0.39, 0.29) is 42.6 Å². The fourth-order valence-corrected chi connectivity index (χ4v) is 4.72. The van der Waals surface area contributed by atoms with E-state index in [0.29, 0.717) is 25.0 Å². The summed E-state index contributed by atoms with van der Waals surface area (Å²) in [6.07, 6.45) is -9.37. The van der Waals surface area contributed by atoms with Crippen LogP contribution in [0.4, 0.5) is 26.3 Å². The minimum absolute atomic E-state index is 0.00713. The molecule has 0 aliphatic carbocycles. The molecule has 0 aromatic heterocycles. The molecule has 2 aliphatic heterocycles. The first kappa shape index (κ1) is 24.5. The molecule has 0 spiro atoms. The number of ether oxygens (including phenoxy) is 1. The van der Waals surface area contributed by atoms with Gasteiger partial charge in [0.05, 0.1) is 29.4 Å². The van der Waals surface area contributed by atoms with Gasteiger partial charge in [0.25, 0.3) is 0 Å². The van der Waals surface area contributed by atoms with Crippen LogP contribution in [0, 0.1) is 0 Å². The van der Waals surface area contributed by atoms with Crippen molar-refractivity contribution in [1.82, 2.24) is 10.6 Å². The number of fused-ring (bicyclic) bond motifs is 1. The number of benzene rings is 2. The molecular weight excluding hydrogens is 462 g/mol. The Labute approximate surface area is 192 Å². The molecule has 2 fully saturated rings. The highest BCUT2D eigenvalue weighted by atomic mass is 19.4. The maximum absolute atomic E-state index is 13.3. The minimum Gasteiger partial charge on any atom is -0.372 e. The van der Waals surface area contributed by atoms with E-state index in [1.807, 2.05) is 30.3 Å². The number of nitrogens with one attached hydrogen (secondary N) is 2. The van der Waals surface area contributed by atoms with Gasteiger partial charge in [0.15, 0.2) is 0 Å². The average Bonchev–Trinajstić information content (AvgIpc) is 3.15. The number of hydrogen-bond acceptors (Lipinski definition) is 3. The van der Waals surface area contributed by atoms with Crippen molar-refractivity contribution in [2.45, 2.75) is 62.3 Å². The summed E-state index contributed by atoms with van der Waals surface area (Å²) in [5, 5.41) is 6.41. The van der Waals surface area contributed by atoms with Gasteiger partial charge in [-0.3, -0.25) is 4.79 Å². The lowest BCUT2D eigenvalue weighted by Crippen LogP contribution is -2.59. The van der Waals surface area contributed by atoms with Crippen molar-refractivity contribution in [1.29, 1.82) is 0 Å². The second-order valence-electron chi connectivity index (χ2n) is 8.91. The first-order valence-electron chi connectivity index (χ1n) is 10.9. The Morgan fingerprint density at radius 3 is 2.21 bits per heavy atom. The summed E-state index contributed by atoms with van der Waals surface area (Å²) in [6, 6.07) is 10.6. The molecule has 2 aliphatic rings. The predicted octanol–water partition coefficient (Wildman–Crippen LogP) is 5.34. The fraction of sp³-hybridized carbons (Fsp3) is 0.458. The van der Waals surface area contributed by atoms with Gasteiger partial charge in [0, 0.05) is 18.5 Å². The van der Waals surface area contributed by atoms with Crippen molar-refractivity contribution in [3.05, 3.63) is 70.8 Å². The quantitative estimate of drug-likeness (QED) is 0.562. The number of carbonyl (C=O) groups excluding carboxylic acids is 1. The number of amides is 1. The highest BCUT2D eigenvalue weighted by Crippen LogP contribution is 2.40. The number of halogens is 6. The molecule has 34 heavy (non-hydrogen) atoms. The normalized spacial score (nSPS) is 26.1. The molecule has 0 radical (unpaired) electrons. The number of hydrogen-bond donors (Lipinski definition) is 2. The van der Waals surface area contributed by atoms with Crippen molar-refractivity contribution in [3.8, 4) is 0 Å². The second kappa shape index (κ2) is 8.88. The van der Waals surface area contributed by atoms with E-state index in [0.717, 1.165) is 5.56 Å². The lowest BCUT2D eigenvalue weighted by molar-refractivity contribution is -0.143. The van der Waals surface area contributed by atoms with E-state index < -0.39 is 35.1 Å². The second-order valence-corrected chi connectivity index (χ2v) is 8.91. The summed E-state index contributed by atoms with van der Waals surface area (Å²) >= 11 is 0. The maximum Gasteiger partial charge on any atom is 0.416 e. The van der Waals surface area contributed by atoms with Crippen LogP contribution in [0.15, 0.2) is 48.5 Å². The van der Waals surface area contributed by atoms with Crippen LogP contribution in [0.1, 0.15) is 54.5 Å². The van der Waals surface area contributed by atoms with Crippen molar-refractivity contribution in [2.75, 3.05) is 6.61 Å². The maximum atomic E-state index is 13.3. The van der Waals surface area contributed by atoms with E-state index in [9.17, 15) is 31.1 Å². The summed E-state index contributed by atoms with van der Waals surface area (Å²) in [5.74, 6) is -0.0655. The van der Waals surface area contributed by atoms with Crippen molar-refractivity contribution in [3.63, 3.8) is 0 Å². The average molecular weight is 486 g/mol. The number of carbonyl (C=O) groups is 1. The first-order valence-corrected chi connectivity index (χ1v) is 10.9. The van der Waals surface area contributed by atoms with Crippen LogP contribution < -0.4 is 10.6 Å². The SMILES string of the molecule is CC(OC[C@@]1(c2ccccc2)CCC2NC(=O)C[C@H]2N1)c1cc(C(F)(F)F)cc(C(F)(F)F)c1. The smallest absolute Gasteiger partial charge is 0.372 e. The Balaban J connectivity index is 1.61. The molecule has 2 saturated heterocycles. The molecule has 4 atom stereocenters. The summed E-state index contributed by atoms with van der Waals surface area (Å²) in [7, 11) is 0. The van der Waals surface area contributed by atoms with Crippen LogP contribution >= 0.6 is 0 Å². The molecule has 2 aromatic rings. The Kier molecular flexibility index (Phi) is 6.41. The van der Waals surface area contributed by atoms with Crippen LogP contribution in [0.2, 0.25) is 0 Å². The monoisotopic (exact) mass is 486 g/mol. The zero-order valence-electron chi connectivity index (χ0n) is 18.3. The van der Waals surface area contributed by atoms with E-state index in [1.165, 1.54) is 6.92 Å². The lowest BCUT2D eigenvalue weighted by atomic mass is 9.79. The zero-order chi connectivity index (χ0) is 24.7. The lowest BCUT2D eigenvalue weighted by Gasteiger charge is -2.44. The van der Waals surface area contributed by atoms with Gasteiger partial charge in [-0.2, -0.15) is 26.3 Å². The van der Waals surface area contributed by atoms with Crippen LogP contribution in [0.3, 0.4) is 0 Å². The number of alkyl halides is 6. The highest BCUT2D eigenvalue weighted by molar-refractivity contribution is 5.79. The van der Waals surface area contributed by atoms with E-state index >= 15 is 0 Å².